The molecule has 0 N–H and O–H groups in total. The molecule has 0 bridgehead atoms. The number of rotatable bonds is 4. The lowest BCUT2D eigenvalue weighted by molar-refractivity contribution is 0.0414. The summed E-state index contributed by atoms with van der Waals surface area (Å²) < 4.78 is 7.41. The van der Waals surface area contributed by atoms with Crippen LogP contribution in [0.25, 0.3) is 0 Å². The molecule has 4 nitrogen and oxygen atoms in total. The zero-order valence-corrected chi connectivity index (χ0v) is 13.2. The fourth-order valence-corrected chi connectivity index (χ4v) is 3.46. The standard InChI is InChI=1S/C18H26N2O2/c21-18(14-22-16-10-4-5-11-16)20-13-7-6-12-17(20)19-15-8-2-1-3-9-15/h6-7,12-13,15-16H,1-5,8-11,14H2. The van der Waals surface area contributed by atoms with Crippen molar-refractivity contribution in [1.29, 1.82) is 0 Å². The lowest BCUT2D eigenvalue weighted by atomic mass is 9.96. The van der Waals surface area contributed by atoms with Crippen LogP contribution < -0.4 is 5.49 Å². The maximum atomic E-state index is 12.4. The van der Waals surface area contributed by atoms with Gasteiger partial charge in [0.05, 0.1) is 12.1 Å². The minimum Gasteiger partial charge on any atom is -0.368 e. The Labute approximate surface area is 132 Å². The third-order valence-corrected chi connectivity index (χ3v) is 4.74. The van der Waals surface area contributed by atoms with Gasteiger partial charge in [0, 0.05) is 6.20 Å². The van der Waals surface area contributed by atoms with E-state index in [1.807, 2.05) is 24.4 Å². The summed E-state index contributed by atoms with van der Waals surface area (Å²) in [7, 11) is 0. The fraction of sp³-hybridized carbons (Fsp3) is 0.667. The molecular formula is C18H26N2O2. The molecule has 120 valence electrons. The van der Waals surface area contributed by atoms with E-state index in [2.05, 4.69) is 0 Å². The molecule has 2 aliphatic carbocycles. The number of carbonyl (C=O) groups excluding carboxylic acids is 1. The van der Waals surface area contributed by atoms with Gasteiger partial charge in [-0.05, 0) is 37.8 Å². The average molecular weight is 302 g/mol. The number of ether oxygens (including phenoxy) is 1. The van der Waals surface area contributed by atoms with Gasteiger partial charge in [0.15, 0.2) is 0 Å². The van der Waals surface area contributed by atoms with Crippen LogP contribution in [0, 0.1) is 0 Å². The molecule has 0 atom stereocenters. The molecule has 0 aliphatic heterocycles. The zero-order chi connectivity index (χ0) is 15.2. The van der Waals surface area contributed by atoms with E-state index in [0.29, 0.717) is 6.04 Å². The second-order valence-corrected chi connectivity index (χ2v) is 6.46. The molecule has 0 unspecified atom stereocenters. The molecule has 0 radical (unpaired) electrons. The van der Waals surface area contributed by atoms with Gasteiger partial charge in [0.25, 0.3) is 5.91 Å². The quantitative estimate of drug-likeness (QED) is 0.856. The van der Waals surface area contributed by atoms with Crippen molar-refractivity contribution in [2.75, 3.05) is 6.61 Å². The predicted octanol–water partition coefficient (Wildman–Crippen LogP) is 3.32. The van der Waals surface area contributed by atoms with E-state index in [1.165, 1.54) is 32.1 Å². The van der Waals surface area contributed by atoms with Gasteiger partial charge < -0.3 is 4.74 Å². The van der Waals surface area contributed by atoms with Crippen LogP contribution in [0.15, 0.2) is 29.4 Å². The Hall–Kier alpha value is -1.42. The fourth-order valence-electron chi connectivity index (χ4n) is 3.46. The van der Waals surface area contributed by atoms with Crippen LogP contribution in [-0.4, -0.2) is 29.2 Å². The second kappa shape index (κ2) is 7.73. The maximum absolute atomic E-state index is 12.4. The van der Waals surface area contributed by atoms with Gasteiger partial charge in [-0.2, -0.15) is 0 Å². The van der Waals surface area contributed by atoms with Gasteiger partial charge in [-0.15, -0.1) is 0 Å². The molecule has 0 spiro atoms. The third-order valence-electron chi connectivity index (χ3n) is 4.74. The van der Waals surface area contributed by atoms with E-state index in [4.69, 9.17) is 9.73 Å². The summed E-state index contributed by atoms with van der Waals surface area (Å²) in [5.74, 6) is -0.0120. The van der Waals surface area contributed by atoms with Crippen LogP contribution in [0.3, 0.4) is 0 Å². The van der Waals surface area contributed by atoms with Crippen molar-refractivity contribution >= 4 is 5.91 Å². The molecule has 3 rings (SSSR count). The Morgan fingerprint density at radius 2 is 1.82 bits per heavy atom. The summed E-state index contributed by atoms with van der Waals surface area (Å²) in [5, 5.41) is 0. The smallest absolute Gasteiger partial charge is 0.258 e. The van der Waals surface area contributed by atoms with E-state index >= 15 is 0 Å². The molecule has 22 heavy (non-hydrogen) atoms. The maximum Gasteiger partial charge on any atom is 0.258 e. The minimum atomic E-state index is -0.0120. The van der Waals surface area contributed by atoms with Gasteiger partial charge in [-0.1, -0.05) is 38.2 Å². The van der Waals surface area contributed by atoms with Crippen LogP contribution in [0.1, 0.15) is 62.6 Å². The van der Waals surface area contributed by atoms with E-state index < -0.39 is 0 Å². The number of aromatic nitrogens is 1. The monoisotopic (exact) mass is 302 g/mol. The Morgan fingerprint density at radius 1 is 1.09 bits per heavy atom. The third kappa shape index (κ3) is 4.07. The Balaban J connectivity index is 1.69. The number of hydrogen-bond donors (Lipinski definition) is 0. The minimum absolute atomic E-state index is 0.0120. The Bertz CT molecular complexity index is 552. The topological polar surface area (TPSA) is 43.6 Å². The normalized spacial score (nSPS) is 21.4. The molecule has 4 heteroatoms. The summed E-state index contributed by atoms with van der Waals surface area (Å²) in [6.07, 6.45) is 12.8. The predicted molar refractivity (Wildman–Crippen MR) is 85.7 cm³/mol. The van der Waals surface area contributed by atoms with Gasteiger partial charge in [-0.3, -0.25) is 14.4 Å². The number of hydrogen-bond acceptors (Lipinski definition) is 3. The lowest BCUT2D eigenvalue weighted by Crippen LogP contribution is -2.32. The Morgan fingerprint density at radius 3 is 2.59 bits per heavy atom. The molecule has 2 aliphatic rings. The summed E-state index contributed by atoms with van der Waals surface area (Å²) in [6.45, 7) is 0.159. The van der Waals surface area contributed by atoms with Crippen molar-refractivity contribution in [3.63, 3.8) is 0 Å². The van der Waals surface area contributed by atoms with Crippen LogP contribution >= 0.6 is 0 Å². The van der Waals surface area contributed by atoms with E-state index in [0.717, 1.165) is 31.2 Å². The van der Waals surface area contributed by atoms with E-state index in [9.17, 15) is 4.79 Å². The molecule has 2 fully saturated rings. The summed E-state index contributed by atoms with van der Waals surface area (Å²) in [6, 6.07) is 6.13. The summed E-state index contributed by atoms with van der Waals surface area (Å²) in [4.78, 5) is 17.2. The van der Waals surface area contributed by atoms with Crippen LogP contribution in [0.2, 0.25) is 0 Å². The largest absolute Gasteiger partial charge is 0.368 e. The summed E-state index contributed by atoms with van der Waals surface area (Å²) in [5.41, 5.74) is 0.773. The highest BCUT2D eigenvalue weighted by atomic mass is 16.5. The highest BCUT2D eigenvalue weighted by Gasteiger charge is 2.17. The highest BCUT2D eigenvalue weighted by Crippen LogP contribution is 2.21. The first-order valence-corrected chi connectivity index (χ1v) is 8.69. The van der Waals surface area contributed by atoms with Crippen LogP contribution in [-0.2, 0) is 4.74 Å². The molecule has 1 aromatic heterocycles. The molecular weight excluding hydrogens is 276 g/mol. The van der Waals surface area contributed by atoms with Crippen LogP contribution in [0.4, 0.5) is 0 Å². The van der Waals surface area contributed by atoms with Gasteiger partial charge in [-0.25, -0.2) is 0 Å². The van der Waals surface area contributed by atoms with E-state index in [-0.39, 0.29) is 18.6 Å². The zero-order valence-electron chi connectivity index (χ0n) is 13.2. The van der Waals surface area contributed by atoms with Gasteiger partial charge in [0.1, 0.15) is 12.1 Å². The summed E-state index contributed by atoms with van der Waals surface area (Å²) >= 11 is 0. The Kier molecular flexibility index (Phi) is 5.43. The van der Waals surface area contributed by atoms with Crippen molar-refractivity contribution in [2.24, 2.45) is 4.99 Å². The molecule has 0 aromatic carbocycles. The first-order valence-electron chi connectivity index (χ1n) is 8.69. The van der Waals surface area contributed by atoms with Crippen LogP contribution in [0.5, 0.6) is 0 Å². The molecule has 0 amide bonds. The molecule has 1 aromatic rings. The van der Waals surface area contributed by atoms with Gasteiger partial charge in [0.2, 0.25) is 0 Å². The number of nitrogens with zero attached hydrogens (tertiary/aromatic N) is 2. The number of pyridine rings is 1. The lowest BCUT2D eigenvalue weighted by Gasteiger charge is -2.18. The molecule has 0 saturated heterocycles. The van der Waals surface area contributed by atoms with Crippen molar-refractivity contribution in [3.8, 4) is 0 Å². The second-order valence-electron chi connectivity index (χ2n) is 6.46. The SMILES string of the molecule is O=C(COC1CCCC1)n1ccccc1=NC1CCCCC1. The molecule has 2 saturated carbocycles. The molecule has 1 heterocycles. The number of carbonyl (C=O) groups is 1. The van der Waals surface area contributed by atoms with Gasteiger partial charge >= 0.3 is 0 Å². The van der Waals surface area contributed by atoms with Crippen molar-refractivity contribution in [1.82, 2.24) is 4.57 Å². The van der Waals surface area contributed by atoms with Crippen molar-refractivity contribution in [2.45, 2.75) is 69.9 Å². The van der Waals surface area contributed by atoms with Crippen molar-refractivity contribution in [3.05, 3.63) is 29.9 Å². The van der Waals surface area contributed by atoms with E-state index in [1.54, 1.807) is 4.57 Å². The average Bonchev–Trinajstić information content (AvgIpc) is 3.08. The first kappa shape index (κ1) is 15.5. The van der Waals surface area contributed by atoms with Crippen molar-refractivity contribution < 1.29 is 9.53 Å². The highest BCUT2D eigenvalue weighted by molar-refractivity contribution is 5.79. The first-order chi connectivity index (χ1) is 10.8.